The van der Waals surface area contributed by atoms with Crippen LogP contribution < -0.4 is 5.32 Å². The number of halogens is 1. The van der Waals surface area contributed by atoms with Gasteiger partial charge < -0.3 is 5.32 Å². The number of rotatable bonds is 3. The maximum Gasteiger partial charge on any atom is 0.0729 e. The Kier molecular flexibility index (Phi) is 3.95. The van der Waals surface area contributed by atoms with Crippen LogP contribution in [-0.2, 0) is 20.6 Å². The van der Waals surface area contributed by atoms with Crippen molar-refractivity contribution >= 4 is 18.1 Å². The molecular formula is C10H16ClN5. The average Bonchev–Trinajstić information content (AvgIpc) is 2.73. The number of nitrogens with zero attached hydrogens (tertiary/aromatic N) is 4. The molecule has 88 valence electrons. The molecule has 2 heterocycles. The Bertz CT molecular complexity index is 440. The van der Waals surface area contributed by atoms with Crippen LogP contribution in [0.2, 0.25) is 0 Å². The van der Waals surface area contributed by atoms with E-state index in [9.17, 15) is 0 Å². The quantitative estimate of drug-likeness (QED) is 0.886. The second kappa shape index (κ2) is 5.03. The minimum Gasteiger partial charge on any atom is -0.377 e. The Balaban J connectivity index is 0.00000128. The van der Waals surface area contributed by atoms with Crippen molar-refractivity contribution < 1.29 is 0 Å². The van der Waals surface area contributed by atoms with E-state index >= 15 is 0 Å². The predicted molar refractivity (Wildman–Crippen MR) is 65.7 cm³/mol. The molecule has 0 saturated carbocycles. The lowest BCUT2D eigenvalue weighted by atomic mass is 10.3. The summed E-state index contributed by atoms with van der Waals surface area (Å²) in [4.78, 5) is 0. The highest BCUT2D eigenvalue weighted by atomic mass is 35.5. The molecule has 0 radical (unpaired) electrons. The van der Waals surface area contributed by atoms with Crippen LogP contribution in [0, 0.1) is 6.92 Å². The summed E-state index contributed by atoms with van der Waals surface area (Å²) in [6.07, 6.45) is 5.64. The Morgan fingerprint density at radius 2 is 2.00 bits per heavy atom. The van der Waals surface area contributed by atoms with Crippen molar-refractivity contribution in [3.8, 4) is 0 Å². The summed E-state index contributed by atoms with van der Waals surface area (Å²) >= 11 is 0. The molecule has 2 aromatic heterocycles. The number of aryl methyl sites for hydroxylation is 3. The second-order valence-corrected chi connectivity index (χ2v) is 3.65. The fourth-order valence-electron chi connectivity index (χ4n) is 1.52. The summed E-state index contributed by atoms with van der Waals surface area (Å²) in [5.74, 6) is 0. The van der Waals surface area contributed by atoms with Gasteiger partial charge in [-0.05, 0) is 12.5 Å². The van der Waals surface area contributed by atoms with Crippen LogP contribution in [-0.4, -0.2) is 19.6 Å². The number of anilines is 1. The normalized spacial score (nSPS) is 9.94. The topological polar surface area (TPSA) is 47.7 Å². The number of hydrogen-bond donors (Lipinski definition) is 1. The number of hydrogen-bond acceptors (Lipinski definition) is 3. The van der Waals surface area contributed by atoms with Gasteiger partial charge in [-0.15, -0.1) is 12.4 Å². The predicted octanol–water partition coefficient (Wildman–Crippen LogP) is 1.50. The molecule has 0 amide bonds. The minimum atomic E-state index is 0. The third-order valence-corrected chi connectivity index (χ3v) is 2.44. The summed E-state index contributed by atoms with van der Waals surface area (Å²) in [7, 11) is 3.85. The summed E-state index contributed by atoms with van der Waals surface area (Å²) in [6.45, 7) is 2.83. The summed E-state index contributed by atoms with van der Waals surface area (Å²) in [5, 5.41) is 11.6. The van der Waals surface area contributed by atoms with E-state index < -0.39 is 0 Å². The standard InChI is InChI=1S/C10H15N5.ClH/c1-8-4-13-15(3)10(8)6-11-9-5-12-14(2)7-9;/h4-5,7,11H,6H2,1-3H3;1H. The molecule has 0 aliphatic heterocycles. The zero-order chi connectivity index (χ0) is 10.8. The molecule has 2 aromatic rings. The number of aromatic nitrogens is 4. The molecule has 0 spiro atoms. The van der Waals surface area contributed by atoms with E-state index in [0.29, 0.717) is 0 Å². The lowest BCUT2D eigenvalue weighted by Gasteiger charge is -2.05. The maximum atomic E-state index is 4.19. The molecule has 16 heavy (non-hydrogen) atoms. The molecule has 0 aliphatic rings. The van der Waals surface area contributed by atoms with E-state index in [1.54, 1.807) is 4.68 Å². The molecule has 0 aromatic carbocycles. The van der Waals surface area contributed by atoms with E-state index in [-0.39, 0.29) is 12.4 Å². The van der Waals surface area contributed by atoms with Crippen molar-refractivity contribution in [1.82, 2.24) is 19.6 Å². The minimum absolute atomic E-state index is 0. The monoisotopic (exact) mass is 241 g/mol. The van der Waals surface area contributed by atoms with Gasteiger partial charge in [0.25, 0.3) is 0 Å². The van der Waals surface area contributed by atoms with Crippen molar-refractivity contribution in [2.45, 2.75) is 13.5 Å². The van der Waals surface area contributed by atoms with Gasteiger partial charge in [-0.3, -0.25) is 9.36 Å². The van der Waals surface area contributed by atoms with Crippen LogP contribution >= 0.6 is 12.4 Å². The molecule has 0 bridgehead atoms. The lowest BCUT2D eigenvalue weighted by molar-refractivity contribution is 0.719. The molecule has 0 aliphatic carbocycles. The summed E-state index contributed by atoms with van der Waals surface area (Å²) in [5.41, 5.74) is 3.42. The molecule has 5 nitrogen and oxygen atoms in total. The molecule has 0 unspecified atom stereocenters. The highest BCUT2D eigenvalue weighted by molar-refractivity contribution is 5.85. The highest BCUT2D eigenvalue weighted by Crippen LogP contribution is 2.09. The third-order valence-electron chi connectivity index (χ3n) is 2.44. The first kappa shape index (κ1) is 12.6. The van der Waals surface area contributed by atoms with Gasteiger partial charge in [0.15, 0.2) is 0 Å². The third kappa shape index (κ3) is 2.55. The Morgan fingerprint density at radius 3 is 2.50 bits per heavy atom. The van der Waals surface area contributed by atoms with Gasteiger partial charge in [0.05, 0.1) is 30.3 Å². The smallest absolute Gasteiger partial charge is 0.0729 e. The molecule has 0 atom stereocenters. The molecule has 0 saturated heterocycles. The highest BCUT2D eigenvalue weighted by Gasteiger charge is 2.04. The number of nitrogens with one attached hydrogen (secondary N) is 1. The fraction of sp³-hybridized carbons (Fsp3) is 0.400. The van der Waals surface area contributed by atoms with E-state index in [2.05, 4.69) is 22.4 Å². The maximum absolute atomic E-state index is 4.19. The summed E-state index contributed by atoms with van der Waals surface area (Å²) < 4.78 is 3.66. The van der Waals surface area contributed by atoms with Crippen LogP contribution in [0.3, 0.4) is 0 Å². The molecule has 0 fully saturated rings. The van der Waals surface area contributed by atoms with E-state index in [4.69, 9.17) is 0 Å². The molecule has 6 heteroatoms. The van der Waals surface area contributed by atoms with Gasteiger partial charge in [0, 0.05) is 20.3 Å². The van der Waals surface area contributed by atoms with Crippen LogP contribution in [0.4, 0.5) is 5.69 Å². The van der Waals surface area contributed by atoms with Crippen molar-refractivity contribution in [3.05, 3.63) is 29.8 Å². The lowest BCUT2D eigenvalue weighted by Crippen LogP contribution is -2.06. The van der Waals surface area contributed by atoms with Gasteiger partial charge in [-0.1, -0.05) is 0 Å². The largest absolute Gasteiger partial charge is 0.377 e. The van der Waals surface area contributed by atoms with Crippen LogP contribution in [0.5, 0.6) is 0 Å². The van der Waals surface area contributed by atoms with Crippen molar-refractivity contribution in [2.75, 3.05) is 5.32 Å². The van der Waals surface area contributed by atoms with E-state index in [1.165, 1.54) is 11.3 Å². The zero-order valence-electron chi connectivity index (χ0n) is 9.64. The van der Waals surface area contributed by atoms with Crippen LogP contribution in [0.15, 0.2) is 18.6 Å². The van der Waals surface area contributed by atoms with E-state index in [1.807, 2.05) is 37.4 Å². The van der Waals surface area contributed by atoms with Crippen molar-refractivity contribution in [1.29, 1.82) is 0 Å². The van der Waals surface area contributed by atoms with Gasteiger partial charge in [-0.2, -0.15) is 10.2 Å². The zero-order valence-corrected chi connectivity index (χ0v) is 10.5. The van der Waals surface area contributed by atoms with Gasteiger partial charge >= 0.3 is 0 Å². The Morgan fingerprint density at radius 1 is 1.25 bits per heavy atom. The summed E-state index contributed by atoms with van der Waals surface area (Å²) in [6, 6.07) is 0. The van der Waals surface area contributed by atoms with Gasteiger partial charge in [-0.25, -0.2) is 0 Å². The first-order valence-electron chi connectivity index (χ1n) is 4.87. The van der Waals surface area contributed by atoms with Crippen LogP contribution in [0.25, 0.3) is 0 Å². The van der Waals surface area contributed by atoms with Gasteiger partial charge in [0.2, 0.25) is 0 Å². The SMILES string of the molecule is Cc1cnn(C)c1CNc1cnn(C)c1.Cl. The van der Waals surface area contributed by atoms with E-state index in [0.717, 1.165) is 12.2 Å². The first-order valence-corrected chi connectivity index (χ1v) is 4.87. The Hall–Kier alpha value is -1.49. The average molecular weight is 242 g/mol. The molecule has 1 N–H and O–H groups in total. The molecular weight excluding hydrogens is 226 g/mol. The van der Waals surface area contributed by atoms with Crippen molar-refractivity contribution in [2.24, 2.45) is 14.1 Å². The first-order chi connectivity index (χ1) is 7.16. The molecule has 2 rings (SSSR count). The second-order valence-electron chi connectivity index (χ2n) is 3.65. The fourth-order valence-corrected chi connectivity index (χ4v) is 1.52. The van der Waals surface area contributed by atoms with Gasteiger partial charge in [0.1, 0.15) is 0 Å². The van der Waals surface area contributed by atoms with Crippen molar-refractivity contribution in [3.63, 3.8) is 0 Å². The Labute approximate surface area is 101 Å². The van der Waals surface area contributed by atoms with Crippen LogP contribution in [0.1, 0.15) is 11.3 Å².